The molecule has 0 radical (unpaired) electrons. The summed E-state index contributed by atoms with van der Waals surface area (Å²) < 4.78 is 1.05. The zero-order valence-corrected chi connectivity index (χ0v) is 9.84. The van der Waals surface area contributed by atoms with Crippen LogP contribution in [0, 0.1) is 0 Å². The number of benzene rings is 1. The van der Waals surface area contributed by atoms with E-state index >= 15 is 0 Å². The van der Waals surface area contributed by atoms with Crippen molar-refractivity contribution in [2.24, 2.45) is 11.5 Å². The highest BCUT2D eigenvalue weighted by Crippen LogP contribution is 2.26. The number of halogens is 1. The van der Waals surface area contributed by atoms with Crippen molar-refractivity contribution in [3.8, 4) is 0 Å². The van der Waals surface area contributed by atoms with Crippen molar-refractivity contribution in [3.05, 3.63) is 28.2 Å². The lowest BCUT2D eigenvalue weighted by molar-refractivity contribution is 0.708. The summed E-state index contributed by atoms with van der Waals surface area (Å²) in [7, 11) is 1.89. The largest absolute Gasteiger partial charge is 0.387 e. The zero-order chi connectivity index (χ0) is 10.6. The molecule has 0 fully saturated rings. The standard InChI is InChI=1S/C10H16BrN3/c1-14-10-3-2-7(4-9(10)11)8(5-12)6-13/h2-4,8,14H,5-6,12-13H2,1H3. The maximum atomic E-state index is 5.63. The van der Waals surface area contributed by atoms with Gasteiger partial charge in [0.05, 0.1) is 0 Å². The van der Waals surface area contributed by atoms with E-state index in [2.05, 4.69) is 33.4 Å². The van der Waals surface area contributed by atoms with Gasteiger partial charge in [-0.1, -0.05) is 6.07 Å². The van der Waals surface area contributed by atoms with Crippen LogP contribution in [0.2, 0.25) is 0 Å². The number of hydrogen-bond donors (Lipinski definition) is 3. The lowest BCUT2D eigenvalue weighted by Gasteiger charge is -2.14. The number of rotatable bonds is 4. The molecule has 0 unspecified atom stereocenters. The van der Waals surface area contributed by atoms with Crippen LogP contribution in [-0.2, 0) is 0 Å². The van der Waals surface area contributed by atoms with Gasteiger partial charge in [0.15, 0.2) is 0 Å². The minimum Gasteiger partial charge on any atom is -0.387 e. The van der Waals surface area contributed by atoms with Gasteiger partial charge in [-0.05, 0) is 33.6 Å². The summed E-state index contributed by atoms with van der Waals surface area (Å²) >= 11 is 3.49. The molecule has 0 spiro atoms. The first-order valence-corrected chi connectivity index (χ1v) is 5.39. The molecule has 0 atom stereocenters. The van der Waals surface area contributed by atoms with Gasteiger partial charge >= 0.3 is 0 Å². The second-order valence-electron chi connectivity index (χ2n) is 3.16. The van der Waals surface area contributed by atoms with E-state index in [1.165, 1.54) is 5.56 Å². The highest BCUT2D eigenvalue weighted by atomic mass is 79.9. The second-order valence-corrected chi connectivity index (χ2v) is 4.01. The third-order valence-electron chi connectivity index (χ3n) is 2.30. The van der Waals surface area contributed by atoms with E-state index in [-0.39, 0.29) is 5.92 Å². The molecule has 4 heteroatoms. The molecule has 0 saturated heterocycles. The highest BCUT2D eigenvalue weighted by molar-refractivity contribution is 9.10. The van der Waals surface area contributed by atoms with Crippen LogP contribution in [0.15, 0.2) is 22.7 Å². The Labute approximate surface area is 93.0 Å². The van der Waals surface area contributed by atoms with Crippen molar-refractivity contribution < 1.29 is 0 Å². The molecule has 5 N–H and O–H groups in total. The molecule has 3 nitrogen and oxygen atoms in total. The minimum atomic E-state index is 0.247. The van der Waals surface area contributed by atoms with Crippen LogP contribution >= 0.6 is 15.9 Å². The third kappa shape index (κ3) is 2.47. The summed E-state index contributed by atoms with van der Waals surface area (Å²) in [6, 6.07) is 6.15. The molecule has 0 aliphatic rings. The fourth-order valence-electron chi connectivity index (χ4n) is 1.36. The Bertz CT molecular complexity index is 297. The molecule has 1 rings (SSSR count). The monoisotopic (exact) mass is 257 g/mol. The summed E-state index contributed by atoms with van der Waals surface area (Å²) in [5, 5.41) is 3.09. The van der Waals surface area contributed by atoms with Gasteiger partial charge < -0.3 is 16.8 Å². The van der Waals surface area contributed by atoms with Crippen LogP contribution in [0.25, 0.3) is 0 Å². The quantitative estimate of drug-likeness (QED) is 0.766. The molecule has 0 aromatic heterocycles. The van der Waals surface area contributed by atoms with E-state index in [0.717, 1.165) is 10.2 Å². The highest BCUT2D eigenvalue weighted by Gasteiger charge is 2.08. The Kier molecular flexibility index (Phi) is 4.38. The number of nitrogens with two attached hydrogens (primary N) is 2. The van der Waals surface area contributed by atoms with Crippen molar-refractivity contribution in [1.82, 2.24) is 0 Å². The fraction of sp³-hybridized carbons (Fsp3) is 0.400. The van der Waals surface area contributed by atoms with Gasteiger partial charge in [0.2, 0.25) is 0 Å². The Hall–Kier alpha value is -0.580. The van der Waals surface area contributed by atoms with Gasteiger partial charge in [0, 0.05) is 36.2 Å². The Morgan fingerprint density at radius 2 is 2.00 bits per heavy atom. The molecule has 1 aromatic carbocycles. The van der Waals surface area contributed by atoms with Crippen LogP contribution < -0.4 is 16.8 Å². The molecule has 0 aliphatic carbocycles. The second kappa shape index (κ2) is 5.34. The first-order valence-electron chi connectivity index (χ1n) is 4.60. The summed E-state index contributed by atoms with van der Waals surface area (Å²) in [6.07, 6.45) is 0. The SMILES string of the molecule is CNc1ccc(C(CN)CN)cc1Br. The van der Waals surface area contributed by atoms with Crippen molar-refractivity contribution in [2.75, 3.05) is 25.5 Å². The van der Waals surface area contributed by atoms with Gasteiger partial charge in [-0.3, -0.25) is 0 Å². The maximum absolute atomic E-state index is 5.63. The maximum Gasteiger partial charge on any atom is 0.0482 e. The number of hydrogen-bond acceptors (Lipinski definition) is 3. The molecule has 0 saturated carbocycles. The summed E-state index contributed by atoms with van der Waals surface area (Å²) in [5.41, 5.74) is 13.5. The van der Waals surface area contributed by atoms with Crippen LogP contribution in [0.3, 0.4) is 0 Å². The molecule has 0 bridgehead atoms. The van der Waals surface area contributed by atoms with Crippen LogP contribution in [0.4, 0.5) is 5.69 Å². The molecule has 0 heterocycles. The predicted molar refractivity (Wildman–Crippen MR) is 64.5 cm³/mol. The van der Waals surface area contributed by atoms with Crippen molar-refractivity contribution >= 4 is 21.6 Å². The van der Waals surface area contributed by atoms with Gasteiger partial charge in [-0.2, -0.15) is 0 Å². The van der Waals surface area contributed by atoms with Crippen molar-refractivity contribution in [3.63, 3.8) is 0 Å². The van der Waals surface area contributed by atoms with Crippen molar-refractivity contribution in [2.45, 2.75) is 5.92 Å². The fourth-order valence-corrected chi connectivity index (χ4v) is 1.95. The molecule has 78 valence electrons. The average Bonchev–Trinajstić information content (AvgIpc) is 2.20. The summed E-state index contributed by atoms with van der Waals surface area (Å²) in [4.78, 5) is 0. The summed E-state index contributed by atoms with van der Waals surface area (Å²) in [6.45, 7) is 1.17. The third-order valence-corrected chi connectivity index (χ3v) is 2.96. The Balaban J connectivity index is 2.95. The lowest BCUT2D eigenvalue weighted by atomic mass is 9.99. The molecular formula is C10H16BrN3. The van der Waals surface area contributed by atoms with Gasteiger partial charge in [-0.15, -0.1) is 0 Å². The first kappa shape index (κ1) is 11.5. The molecule has 1 aromatic rings. The minimum absolute atomic E-state index is 0.247. The van der Waals surface area contributed by atoms with Gasteiger partial charge in [-0.25, -0.2) is 0 Å². The first-order chi connectivity index (χ1) is 6.72. The van der Waals surface area contributed by atoms with E-state index in [1.807, 2.05) is 13.1 Å². The van der Waals surface area contributed by atoms with E-state index in [0.29, 0.717) is 13.1 Å². The smallest absolute Gasteiger partial charge is 0.0482 e. The summed E-state index contributed by atoms with van der Waals surface area (Å²) in [5.74, 6) is 0.247. The van der Waals surface area contributed by atoms with Crippen LogP contribution in [0.5, 0.6) is 0 Å². The van der Waals surface area contributed by atoms with Crippen LogP contribution in [-0.4, -0.2) is 20.1 Å². The zero-order valence-electron chi connectivity index (χ0n) is 8.26. The molecule has 14 heavy (non-hydrogen) atoms. The normalized spacial score (nSPS) is 10.6. The van der Waals surface area contributed by atoms with Gasteiger partial charge in [0.1, 0.15) is 0 Å². The van der Waals surface area contributed by atoms with E-state index in [9.17, 15) is 0 Å². The number of nitrogens with one attached hydrogen (secondary N) is 1. The van der Waals surface area contributed by atoms with E-state index in [4.69, 9.17) is 11.5 Å². The number of anilines is 1. The Morgan fingerprint density at radius 3 is 2.43 bits per heavy atom. The Morgan fingerprint density at radius 1 is 1.36 bits per heavy atom. The van der Waals surface area contributed by atoms with Crippen LogP contribution in [0.1, 0.15) is 11.5 Å². The average molecular weight is 258 g/mol. The van der Waals surface area contributed by atoms with E-state index in [1.54, 1.807) is 0 Å². The lowest BCUT2D eigenvalue weighted by Crippen LogP contribution is -2.21. The van der Waals surface area contributed by atoms with Gasteiger partial charge in [0.25, 0.3) is 0 Å². The molecule has 0 aliphatic heterocycles. The topological polar surface area (TPSA) is 64.1 Å². The molecular weight excluding hydrogens is 242 g/mol. The molecule has 0 amide bonds. The predicted octanol–water partition coefficient (Wildman–Crippen LogP) is 1.49. The van der Waals surface area contributed by atoms with E-state index < -0.39 is 0 Å². The van der Waals surface area contributed by atoms with Crippen molar-refractivity contribution in [1.29, 1.82) is 0 Å².